The predicted octanol–water partition coefficient (Wildman–Crippen LogP) is 2.33. The molecule has 0 spiro atoms. The number of aromatic nitrogens is 2. The van der Waals surface area contributed by atoms with Gasteiger partial charge in [-0.25, -0.2) is 4.39 Å². The van der Waals surface area contributed by atoms with Crippen LogP contribution in [0.3, 0.4) is 0 Å². The lowest BCUT2D eigenvalue weighted by molar-refractivity contribution is 0.0893. The Bertz CT molecular complexity index is 707. The van der Waals surface area contributed by atoms with Crippen molar-refractivity contribution in [3.8, 4) is 5.75 Å². The minimum Gasteiger partial charge on any atom is -0.494 e. The number of ketones is 2. The zero-order valence-electron chi connectivity index (χ0n) is 12.0. The molecule has 1 aromatic carbocycles. The van der Waals surface area contributed by atoms with Gasteiger partial charge in [-0.2, -0.15) is 5.10 Å². The Morgan fingerprint density at radius 1 is 1.33 bits per heavy atom. The molecule has 2 rings (SSSR count). The van der Waals surface area contributed by atoms with Gasteiger partial charge in [-0.1, -0.05) is 0 Å². The van der Waals surface area contributed by atoms with Gasteiger partial charge >= 0.3 is 0 Å². The molecular formula is C15H15FN2O3. The molecule has 0 N–H and O–H groups in total. The van der Waals surface area contributed by atoms with Crippen molar-refractivity contribution in [3.05, 3.63) is 47.0 Å². The van der Waals surface area contributed by atoms with Gasteiger partial charge in [-0.3, -0.25) is 14.3 Å². The number of carbonyl (C=O) groups is 2. The van der Waals surface area contributed by atoms with E-state index in [1.165, 1.54) is 23.9 Å². The standard InChI is InChI=1S/C15H15FN2O3/c1-9-11(8-18(2)17-9)14(20)7-13(19)10-4-5-15(21-3)12(16)6-10/h4-6,8H,7H2,1-3H3. The summed E-state index contributed by atoms with van der Waals surface area (Å²) in [7, 11) is 3.04. The van der Waals surface area contributed by atoms with Crippen LogP contribution in [0, 0.1) is 12.7 Å². The van der Waals surface area contributed by atoms with Crippen LogP contribution in [-0.4, -0.2) is 28.5 Å². The molecule has 0 atom stereocenters. The van der Waals surface area contributed by atoms with Gasteiger partial charge in [0.2, 0.25) is 0 Å². The van der Waals surface area contributed by atoms with Gasteiger partial charge in [0.25, 0.3) is 0 Å². The van der Waals surface area contributed by atoms with E-state index in [4.69, 9.17) is 4.74 Å². The molecular weight excluding hydrogens is 275 g/mol. The topological polar surface area (TPSA) is 61.2 Å². The second-order valence-electron chi connectivity index (χ2n) is 4.67. The molecule has 0 saturated heterocycles. The normalized spacial score (nSPS) is 10.5. The van der Waals surface area contributed by atoms with Crippen LogP contribution in [0.25, 0.3) is 0 Å². The molecule has 0 radical (unpaired) electrons. The third-order valence-electron chi connectivity index (χ3n) is 3.11. The van der Waals surface area contributed by atoms with Gasteiger partial charge in [-0.05, 0) is 25.1 Å². The average Bonchev–Trinajstić information content (AvgIpc) is 2.77. The van der Waals surface area contributed by atoms with Crippen molar-refractivity contribution in [3.63, 3.8) is 0 Å². The zero-order chi connectivity index (χ0) is 15.6. The number of halogens is 1. The van der Waals surface area contributed by atoms with Crippen molar-refractivity contribution in [2.75, 3.05) is 7.11 Å². The summed E-state index contributed by atoms with van der Waals surface area (Å²) in [4.78, 5) is 24.1. The zero-order valence-corrected chi connectivity index (χ0v) is 12.0. The summed E-state index contributed by atoms with van der Waals surface area (Å²) >= 11 is 0. The van der Waals surface area contributed by atoms with Crippen molar-refractivity contribution in [1.29, 1.82) is 0 Å². The lowest BCUT2D eigenvalue weighted by Crippen LogP contribution is -2.09. The molecule has 5 nitrogen and oxygen atoms in total. The van der Waals surface area contributed by atoms with Gasteiger partial charge in [0, 0.05) is 18.8 Å². The number of ether oxygens (including phenoxy) is 1. The van der Waals surface area contributed by atoms with Gasteiger partial charge in [0.1, 0.15) is 0 Å². The van der Waals surface area contributed by atoms with Gasteiger partial charge in [-0.15, -0.1) is 0 Å². The first-order valence-corrected chi connectivity index (χ1v) is 6.32. The van der Waals surface area contributed by atoms with E-state index in [1.54, 1.807) is 20.2 Å². The number of benzene rings is 1. The van der Waals surface area contributed by atoms with Crippen LogP contribution in [0.4, 0.5) is 4.39 Å². The maximum Gasteiger partial charge on any atom is 0.174 e. The first-order chi connectivity index (χ1) is 9.92. The number of aryl methyl sites for hydroxylation is 2. The lowest BCUT2D eigenvalue weighted by atomic mass is 10.0. The quantitative estimate of drug-likeness (QED) is 0.626. The van der Waals surface area contributed by atoms with E-state index in [2.05, 4.69) is 5.10 Å². The molecule has 110 valence electrons. The summed E-state index contributed by atoms with van der Waals surface area (Å²) in [6, 6.07) is 3.88. The SMILES string of the molecule is COc1ccc(C(=O)CC(=O)c2cn(C)nc2C)cc1F. The average molecular weight is 290 g/mol. The fourth-order valence-electron chi connectivity index (χ4n) is 2.06. The summed E-state index contributed by atoms with van der Waals surface area (Å²) in [5.74, 6) is -1.35. The molecule has 21 heavy (non-hydrogen) atoms. The molecule has 0 fully saturated rings. The van der Waals surface area contributed by atoms with Crippen LogP contribution < -0.4 is 4.74 Å². The van der Waals surface area contributed by atoms with Crippen LogP contribution in [0.5, 0.6) is 5.75 Å². The van der Waals surface area contributed by atoms with Crippen LogP contribution in [0.1, 0.15) is 32.8 Å². The highest BCUT2D eigenvalue weighted by Crippen LogP contribution is 2.19. The molecule has 2 aromatic rings. The minimum absolute atomic E-state index is 0.0565. The first-order valence-electron chi connectivity index (χ1n) is 6.32. The molecule has 0 unspecified atom stereocenters. The Labute approximate surface area is 121 Å². The number of Topliss-reactive ketones (excluding diaryl/α,β-unsaturated/α-hetero) is 2. The smallest absolute Gasteiger partial charge is 0.174 e. The lowest BCUT2D eigenvalue weighted by Gasteiger charge is -2.04. The van der Waals surface area contributed by atoms with E-state index in [1.807, 2.05) is 0 Å². The van der Waals surface area contributed by atoms with E-state index >= 15 is 0 Å². The summed E-state index contributed by atoms with van der Waals surface area (Å²) in [6.45, 7) is 1.70. The van der Waals surface area contributed by atoms with Crippen LogP contribution in [0.15, 0.2) is 24.4 Å². The van der Waals surface area contributed by atoms with Crippen molar-refractivity contribution in [2.24, 2.45) is 7.05 Å². The summed E-state index contributed by atoms with van der Waals surface area (Å²) in [6.07, 6.45) is 1.25. The molecule has 0 bridgehead atoms. The highest BCUT2D eigenvalue weighted by molar-refractivity contribution is 6.13. The van der Waals surface area contributed by atoms with Crippen LogP contribution in [0.2, 0.25) is 0 Å². The number of hydrogen-bond donors (Lipinski definition) is 0. The van der Waals surface area contributed by atoms with Crippen molar-refractivity contribution >= 4 is 11.6 Å². The second kappa shape index (κ2) is 5.87. The summed E-state index contributed by atoms with van der Waals surface area (Å²) in [5.41, 5.74) is 1.11. The molecule has 0 aliphatic heterocycles. The molecule has 0 saturated carbocycles. The minimum atomic E-state index is -0.631. The molecule has 0 amide bonds. The maximum atomic E-state index is 13.6. The molecule has 6 heteroatoms. The molecule has 1 aromatic heterocycles. The molecule has 0 aliphatic rings. The Balaban J connectivity index is 2.16. The van der Waals surface area contributed by atoms with Gasteiger partial charge in [0.15, 0.2) is 23.1 Å². The largest absolute Gasteiger partial charge is 0.494 e. The highest BCUT2D eigenvalue weighted by Gasteiger charge is 2.18. The fourth-order valence-corrected chi connectivity index (χ4v) is 2.06. The van der Waals surface area contributed by atoms with Crippen molar-refractivity contribution in [2.45, 2.75) is 13.3 Å². The third kappa shape index (κ3) is 3.16. The number of nitrogens with zero attached hydrogens (tertiary/aromatic N) is 2. The summed E-state index contributed by atoms with van der Waals surface area (Å²) in [5, 5.41) is 4.06. The Hall–Kier alpha value is -2.50. The Morgan fingerprint density at radius 2 is 2.05 bits per heavy atom. The third-order valence-corrected chi connectivity index (χ3v) is 3.11. The monoisotopic (exact) mass is 290 g/mol. The number of carbonyl (C=O) groups excluding carboxylic acids is 2. The number of rotatable bonds is 5. The van der Waals surface area contributed by atoms with E-state index < -0.39 is 11.6 Å². The first kappa shape index (κ1) is 14.9. The van der Waals surface area contributed by atoms with Gasteiger partial charge in [0.05, 0.1) is 24.8 Å². The van der Waals surface area contributed by atoms with Gasteiger partial charge < -0.3 is 4.74 Å². The van der Waals surface area contributed by atoms with Crippen molar-refractivity contribution < 1.29 is 18.7 Å². The maximum absolute atomic E-state index is 13.6. The Morgan fingerprint density at radius 3 is 2.57 bits per heavy atom. The second-order valence-corrected chi connectivity index (χ2v) is 4.67. The molecule has 1 heterocycles. The molecule has 0 aliphatic carbocycles. The predicted molar refractivity (Wildman–Crippen MR) is 74.2 cm³/mol. The fraction of sp³-hybridized carbons (Fsp3) is 0.267. The van der Waals surface area contributed by atoms with Crippen LogP contribution >= 0.6 is 0 Å². The van der Waals surface area contributed by atoms with E-state index in [-0.39, 0.29) is 23.5 Å². The Kier molecular flexibility index (Phi) is 4.16. The summed E-state index contributed by atoms with van der Waals surface area (Å²) < 4.78 is 19.9. The van der Waals surface area contributed by atoms with E-state index in [0.29, 0.717) is 11.3 Å². The number of methoxy groups -OCH3 is 1. The van der Waals surface area contributed by atoms with Crippen molar-refractivity contribution in [1.82, 2.24) is 9.78 Å². The van der Waals surface area contributed by atoms with Crippen LogP contribution in [-0.2, 0) is 7.05 Å². The number of hydrogen-bond acceptors (Lipinski definition) is 4. The highest BCUT2D eigenvalue weighted by atomic mass is 19.1. The van der Waals surface area contributed by atoms with E-state index in [0.717, 1.165) is 6.07 Å². The van der Waals surface area contributed by atoms with E-state index in [9.17, 15) is 14.0 Å².